The van der Waals surface area contributed by atoms with Gasteiger partial charge in [-0.2, -0.15) is 0 Å². The molecule has 0 aromatic carbocycles. The molecule has 2 heterocycles. The Morgan fingerprint density at radius 1 is 1.35 bits per heavy atom. The first kappa shape index (κ1) is 14.6. The third kappa shape index (κ3) is 3.84. The van der Waals surface area contributed by atoms with Crippen molar-refractivity contribution in [3.8, 4) is 0 Å². The number of nitrogens with two attached hydrogens (primary N) is 1. The van der Waals surface area contributed by atoms with Crippen molar-refractivity contribution in [3.05, 3.63) is 28.7 Å². The maximum absolute atomic E-state index is 12.1. The van der Waals surface area contributed by atoms with E-state index in [0.717, 1.165) is 19.6 Å². The van der Waals surface area contributed by atoms with Crippen LogP contribution in [-0.4, -0.2) is 53.5 Å². The third-order valence-electron chi connectivity index (χ3n) is 3.69. The van der Waals surface area contributed by atoms with Gasteiger partial charge in [-0.05, 0) is 32.0 Å². The Kier molecular flexibility index (Phi) is 4.79. The molecule has 6 nitrogen and oxygen atoms in total. The predicted octanol–water partition coefficient (Wildman–Crippen LogP) is -0.0153. The third-order valence-corrected chi connectivity index (χ3v) is 3.69. The van der Waals surface area contributed by atoms with Gasteiger partial charge in [0.1, 0.15) is 6.54 Å². The van der Waals surface area contributed by atoms with E-state index < -0.39 is 0 Å². The molecule has 0 spiro atoms. The van der Waals surface area contributed by atoms with E-state index in [1.54, 1.807) is 18.0 Å². The highest BCUT2D eigenvalue weighted by Gasteiger charge is 2.14. The Hall–Kier alpha value is -1.82. The number of anilines is 1. The van der Waals surface area contributed by atoms with Gasteiger partial charge in [0.25, 0.3) is 5.56 Å². The van der Waals surface area contributed by atoms with Crippen LogP contribution < -0.4 is 11.3 Å². The maximum atomic E-state index is 12.1. The highest BCUT2D eigenvalue weighted by atomic mass is 16.2. The van der Waals surface area contributed by atoms with E-state index in [0.29, 0.717) is 12.2 Å². The van der Waals surface area contributed by atoms with Crippen molar-refractivity contribution < 1.29 is 4.79 Å². The first-order chi connectivity index (χ1) is 9.56. The van der Waals surface area contributed by atoms with Crippen molar-refractivity contribution >= 4 is 11.6 Å². The molecule has 1 saturated heterocycles. The normalized spacial score (nSPS) is 15.4. The number of hydrogen-bond acceptors (Lipinski definition) is 4. The van der Waals surface area contributed by atoms with Crippen LogP contribution in [0.4, 0.5) is 5.69 Å². The van der Waals surface area contributed by atoms with Gasteiger partial charge in [0.05, 0.1) is 0 Å². The fraction of sp³-hybridized carbons (Fsp3) is 0.571. The van der Waals surface area contributed by atoms with Crippen LogP contribution in [0.3, 0.4) is 0 Å². The van der Waals surface area contributed by atoms with Crippen LogP contribution in [0, 0.1) is 0 Å². The van der Waals surface area contributed by atoms with E-state index in [1.165, 1.54) is 29.7 Å². The fourth-order valence-electron chi connectivity index (χ4n) is 2.36. The molecule has 1 aliphatic heterocycles. The zero-order valence-electron chi connectivity index (χ0n) is 11.9. The molecule has 0 radical (unpaired) electrons. The van der Waals surface area contributed by atoms with Gasteiger partial charge in [0.2, 0.25) is 5.91 Å². The molecule has 0 aliphatic carbocycles. The summed E-state index contributed by atoms with van der Waals surface area (Å²) in [4.78, 5) is 27.7. The summed E-state index contributed by atoms with van der Waals surface area (Å²) in [7, 11) is 1.77. The molecule has 2 N–H and O–H groups in total. The summed E-state index contributed by atoms with van der Waals surface area (Å²) < 4.78 is 1.35. The SMILES string of the molecule is CN(CCN1CCCC1)C(=O)Cn1cc(N)ccc1=O. The molecular formula is C14H22N4O2. The minimum absolute atomic E-state index is 0.0420. The Balaban J connectivity index is 1.86. The van der Waals surface area contributed by atoms with Gasteiger partial charge in [-0.15, -0.1) is 0 Å². The van der Waals surface area contributed by atoms with Gasteiger partial charge in [0, 0.05) is 38.1 Å². The van der Waals surface area contributed by atoms with Crippen molar-refractivity contribution in [2.24, 2.45) is 0 Å². The summed E-state index contributed by atoms with van der Waals surface area (Å²) in [5.74, 6) is -0.0723. The standard InChI is InChI=1S/C14H22N4O2/c1-16(8-9-17-6-2-3-7-17)14(20)11-18-10-12(15)4-5-13(18)19/h4-5,10H,2-3,6-9,11,15H2,1H3. The van der Waals surface area contributed by atoms with Crippen molar-refractivity contribution in [1.82, 2.24) is 14.4 Å². The lowest BCUT2D eigenvalue weighted by atomic mass is 10.4. The van der Waals surface area contributed by atoms with Gasteiger partial charge in [0.15, 0.2) is 0 Å². The van der Waals surface area contributed by atoms with Crippen molar-refractivity contribution in [3.63, 3.8) is 0 Å². The quantitative estimate of drug-likeness (QED) is 0.822. The molecule has 20 heavy (non-hydrogen) atoms. The van der Waals surface area contributed by atoms with Gasteiger partial charge in [-0.3, -0.25) is 9.59 Å². The molecule has 1 aliphatic rings. The Bertz CT molecular complexity index is 520. The van der Waals surface area contributed by atoms with E-state index >= 15 is 0 Å². The number of nitrogens with zero attached hydrogens (tertiary/aromatic N) is 3. The van der Waals surface area contributed by atoms with Crippen molar-refractivity contribution in [1.29, 1.82) is 0 Å². The number of hydrogen-bond donors (Lipinski definition) is 1. The van der Waals surface area contributed by atoms with Crippen LogP contribution in [0.15, 0.2) is 23.1 Å². The molecule has 1 amide bonds. The Morgan fingerprint density at radius 3 is 2.75 bits per heavy atom. The van der Waals surface area contributed by atoms with Crippen LogP contribution in [-0.2, 0) is 11.3 Å². The van der Waals surface area contributed by atoms with E-state index in [4.69, 9.17) is 5.73 Å². The van der Waals surface area contributed by atoms with E-state index in [9.17, 15) is 9.59 Å². The Morgan fingerprint density at radius 2 is 2.05 bits per heavy atom. The van der Waals surface area contributed by atoms with E-state index in [2.05, 4.69) is 4.90 Å². The lowest BCUT2D eigenvalue weighted by Gasteiger charge is -2.21. The van der Waals surface area contributed by atoms with E-state index in [-0.39, 0.29) is 18.0 Å². The molecule has 1 fully saturated rings. The molecule has 0 unspecified atom stereocenters. The number of amides is 1. The van der Waals surface area contributed by atoms with Crippen LogP contribution in [0.25, 0.3) is 0 Å². The van der Waals surface area contributed by atoms with Crippen LogP contribution in [0.1, 0.15) is 12.8 Å². The summed E-state index contributed by atoms with van der Waals surface area (Å²) in [6.07, 6.45) is 4.00. The van der Waals surface area contributed by atoms with Crippen LogP contribution in [0.5, 0.6) is 0 Å². The zero-order chi connectivity index (χ0) is 14.5. The molecule has 6 heteroatoms. The smallest absolute Gasteiger partial charge is 0.251 e. The van der Waals surface area contributed by atoms with Crippen LogP contribution >= 0.6 is 0 Å². The molecule has 110 valence electrons. The van der Waals surface area contributed by atoms with Gasteiger partial charge in [-0.1, -0.05) is 0 Å². The second-order valence-electron chi connectivity index (χ2n) is 5.29. The maximum Gasteiger partial charge on any atom is 0.251 e. The number of carbonyl (C=O) groups excluding carboxylic acids is 1. The molecule has 1 aromatic heterocycles. The molecule has 0 atom stereocenters. The summed E-state index contributed by atoms with van der Waals surface area (Å²) in [6.45, 7) is 3.87. The predicted molar refractivity (Wildman–Crippen MR) is 78.4 cm³/mol. The number of pyridine rings is 1. The highest BCUT2D eigenvalue weighted by Crippen LogP contribution is 2.06. The number of rotatable bonds is 5. The molecular weight excluding hydrogens is 256 g/mol. The van der Waals surface area contributed by atoms with Crippen molar-refractivity contribution in [2.45, 2.75) is 19.4 Å². The minimum atomic E-state index is -0.208. The van der Waals surface area contributed by atoms with Gasteiger partial charge < -0.3 is 20.1 Å². The van der Waals surface area contributed by atoms with E-state index in [1.807, 2.05) is 0 Å². The lowest BCUT2D eigenvalue weighted by Crippen LogP contribution is -2.38. The molecule has 0 saturated carbocycles. The molecule has 1 aromatic rings. The number of nitrogen functional groups attached to an aromatic ring is 1. The summed E-state index contributed by atoms with van der Waals surface area (Å²) in [5.41, 5.74) is 5.90. The zero-order valence-corrected chi connectivity index (χ0v) is 11.9. The number of aromatic nitrogens is 1. The lowest BCUT2D eigenvalue weighted by molar-refractivity contribution is -0.130. The molecule has 2 rings (SSSR count). The number of likely N-dealkylation sites (N-methyl/N-ethyl adjacent to an activating group) is 1. The highest BCUT2D eigenvalue weighted by molar-refractivity contribution is 5.75. The minimum Gasteiger partial charge on any atom is -0.398 e. The molecule has 0 bridgehead atoms. The van der Waals surface area contributed by atoms with Gasteiger partial charge in [-0.25, -0.2) is 0 Å². The average Bonchev–Trinajstić information content (AvgIpc) is 2.93. The first-order valence-electron chi connectivity index (χ1n) is 6.98. The van der Waals surface area contributed by atoms with Gasteiger partial charge >= 0.3 is 0 Å². The summed E-state index contributed by atoms with van der Waals surface area (Å²) >= 11 is 0. The second-order valence-corrected chi connectivity index (χ2v) is 5.29. The number of carbonyl (C=O) groups is 1. The topological polar surface area (TPSA) is 71.6 Å². The monoisotopic (exact) mass is 278 g/mol. The first-order valence-corrected chi connectivity index (χ1v) is 6.98. The van der Waals surface area contributed by atoms with Crippen LogP contribution in [0.2, 0.25) is 0 Å². The Labute approximate surface area is 118 Å². The second kappa shape index (κ2) is 6.56. The fourth-order valence-corrected chi connectivity index (χ4v) is 2.36. The number of likely N-dealkylation sites (tertiary alicyclic amines) is 1. The largest absolute Gasteiger partial charge is 0.398 e. The van der Waals surface area contributed by atoms with Crippen molar-refractivity contribution in [2.75, 3.05) is 39.0 Å². The average molecular weight is 278 g/mol. The summed E-state index contributed by atoms with van der Waals surface area (Å²) in [5, 5.41) is 0. The summed E-state index contributed by atoms with van der Waals surface area (Å²) in [6, 6.07) is 2.92.